The number of likely N-dealkylation sites (N-methyl/N-ethyl adjacent to an activating group) is 1. The molecule has 7 nitrogen and oxygen atoms in total. The van der Waals surface area contributed by atoms with E-state index in [0.29, 0.717) is 11.3 Å². The molecule has 180 valence electrons. The zero-order valence-electron chi connectivity index (χ0n) is 19.7. The number of nitrogens with one attached hydrogen (secondary N) is 1. The quantitative estimate of drug-likeness (QED) is 0.399. The van der Waals surface area contributed by atoms with Crippen LogP contribution >= 0.6 is 0 Å². The Kier molecular flexibility index (Phi) is 6.75. The summed E-state index contributed by atoms with van der Waals surface area (Å²) < 4.78 is 28.9. The first-order valence-corrected chi connectivity index (χ1v) is 13.0. The maximum atomic E-state index is 12.8. The average Bonchev–Trinajstić information content (AvgIpc) is 3.28. The molecular weight excluding hydrogens is 464 g/mol. The second-order valence-electron chi connectivity index (χ2n) is 8.50. The lowest BCUT2D eigenvalue weighted by molar-refractivity contribution is -0.131. The Morgan fingerprint density at radius 3 is 2.26 bits per heavy atom. The van der Waals surface area contributed by atoms with Crippen LogP contribution in [0, 0.1) is 0 Å². The average molecular weight is 491 g/mol. The van der Waals surface area contributed by atoms with Crippen molar-refractivity contribution < 1.29 is 22.4 Å². The first-order chi connectivity index (χ1) is 16.6. The molecule has 4 aromatic rings. The second kappa shape index (κ2) is 9.76. The molecule has 2 amide bonds. The predicted octanol–water partition coefficient (Wildman–Crippen LogP) is 4.85. The van der Waals surface area contributed by atoms with E-state index in [1.165, 1.54) is 0 Å². The minimum absolute atomic E-state index is 0.0799. The molecule has 0 aliphatic heterocycles. The van der Waals surface area contributed by atoms with E-state index in [0.717, 1.165) is 22.8 Å². The maximum Gasteiger partial charge on any atom is 0.291 e. The van der Waals surface area contributed by atoms with Crippen LogP contribution in [0.4, 0.5) is 5.69 Å². The molecule has 0 saturated carbocycles. The lowest BCUT2D eigenvalue weighted by atomic mass is 10.1. The van der Waals surface area contributed by atoms with E-state index in [-0.39, 0.29) is 34.9 Å². The molecule has 1 atom stereocenters. The number of para-hydroxylation sites is 1. The first kappa shape index (κ1) is 24.2. The molecule has 3 aromatic carbocycles. The number of rotatable bonds is 7. The number of furan rings is 1. The minimum Gasteiger partial charge on any atom is -0.451 e. The van der Waals surface area contributed by atoms with Crippen LogP contribution in [0.3, 0.4) is 0 Å². The number of hydrogen-bond donors (Lipinski definition) is 1. The van der Waals surface area contributed by atoms with Gasteiger partial charge in [0.05, 0.1) is 17.4 Å². The smallest absolute Gasteiger partial charge is 0.291 e. The summed E-state index contributed by atoms with van der Waals surface area (Å²) in [5.74, 6) is -0.199. The molecule has 0 radical (unpaired) electrons. The Bertz CT molecular complexity index is 1440. The van der Waals surface area contributed by atoms with Crippen LogP contribution in [0.25, 0.3) is 11.0 Å². The fourth-order valence-corrected chi connectivity index (χ4v) is 4.36. The van der Waals surface area contributed by atoms with Crippen LogP contribution in [0.2, 0.25) is 0 Å². The molecule has 1 heterocycles. The summed E-state index contributed by atoms with van der Waals surface area (Å²) in [6, 6.07) is 22.5. The number of fused-ring (bicyclic) bond motifs is 1. The number of nitrogens with zero attached hydrogens (tertiary/aromatic N) is 1. The largest absolute Gasteiger partial charge is 0.451 e. The van der Waals surface area contributed by atoms with Gasteiger partial charge in [-0.05, 0) is 54.4 Å². The van der Waals surface area contributed by atoms with E-state index in [2.05, 4.69) is 5.32 Å². The van der Waals surface area contributed by atoms with Gasteiger partial charge in [0.2, 0.25) is 5.91 Å². The number of anilines is 1. The normalized spacial score (nSPS) is 12.3. The molecule has 4 rings (SSSR count). The topological polar surface area (TPSA) is 96.7 Å². The van der Waals surface area contributed by atoms with Gasteiger partial charge in [0.25, 0.3) is 5.91 Å². The molecule has 0 aliphatic rings. The number of carbonyl (C=O) groups is 2. The lowest BCUT2D eigenvalue weighted by Gasteiger charge is -2.25. The highest BCUT2D eigenvalue weighted by atomic mass is 32.2. The summed E-state index contributed by atoms with van der Waals surface area (Å²) in [5, 5.41) is 3.66. The van der Waals surface area contributed by atoms with Crippen LogP contribution < -0.4 is 5.32 Å². The van der Waals surface area contributed by atoms with E-state index in [1.54, 1.807) is 72.6 Å². The predicted molar refractivity (Wildman–Crippen MR) is 135 cm³/mol. The minimum atomic E-state index is -3.27. The van der Waals surface area contributed by atoms with Gasteiger partial charge in [0.1, 0.15) is 5.58 Å². The molecular formula is C27H26N2O5S. The van der Waals surface area contributed by atoms with Crippen LogP contribution in [0.1, 0.15) is 34.6 Å². The van der Waals surface area contributed by atoms with Gasteiger partial charge in [-0.1, -0.05) is 42.5 Å². The number of amides is 2. The highest BCUT2D eigenvalue weighted by Gasteiger charge is 2.19. The molecule has 8 heteroatoms. The van der Waals surface area contributed by atoms with Crippen molar-refractivity contribution >= 4 is 38.3 Å². The van der Waals surface area contributed by atoms with Crippen molar-refractivity contribution in [3.63, 3.8) is 0 Å². The number of hydrogen-bond acceptors (Lipinski definition) is 5. The lowest BCUT2D eigenvalue weighted by Crippen LogP contribution is -2.31. The molecule has 0 saturated heterocycles. The van der Waals surface area contributed by atoms with Gasteiger partial charge in [0.15, 0.2) is 15.6 Å². The molecule has 1 N–H and O–H groups in total. The highest BCUT2D eigenvalue weighted by molar-refractivity contribution is 7.90. The van der Waals surface area contributed by atoms with Crippen molar-refractivity contribution in [3.8, 4) is 0 Å². The number of benzene rings is 3. The third kappa shape index (κ3) is 5.60. The van der Waals surface area contributed by atoms with E-state index >= 15 is 0 Å². The molecule has 0 aliphatic carbocycles. The van der Waals surface area contributed by atoms with Gasteiger partial charge < -0.3 is 14.6 Å². The first-order valence-electron chi connectivity index (χ1n) is 11.1. The Hall–Kier alpha value is -3.91. The van der Waals surface area contributed by atoms with E-state index in [4.69, 9.17) is 4.42 Å². The van der Waals surface area contributed by atoms with Gasteiger partial charge in [-0.2, -0.15) is 0 Å². The summed E-state index contributed by atoms with van der Waals surface area (Å²) in [4.78, 5) is 27.2. The van der Waals surface area contributed by atoms with Crippen molar-refractivity contribution in [3.05, 3.63) is 95.7 Å². The molecule has 1 unspecified atom stereocenters. The molecule has 1 aromatic heterocycles. The van der Waals surface area contributed by atoms with E-state index in [9.17, 15) is 18.0 Å². The van der Waals surface area contributed by atoms with Crippen molar-refractivity contribution in [1.29, 1.82) is 0 Å². The Morgan fingerprint density at radius 1 is 0.971 bits per heavy atom. The van der Waals surface area contributed by atoms with Gasteiger partial charge in [-0.25, -0.2) is 8.42 Å². The fraction of sp³-hybridized carbons (Fsp3) is 0.185. The SMILES string of the molecule is CC(c1ccc(S(C)(=O)=O)cc1)N(C)C(=O)Cc1ccc(NC(=O)c2cc3ccccc3o2)cc1. The van der Waals surface area contributed by atoms with Crippen molar-refractivity contribution in [2.45, 2.75) is 24.3 Å². The summed E-state index contributed by atoms with van der Waals surface area (Å²) in [5.41, 5.74) is 2.90. The Labute approximate surface area is 204 Å². The van der Waals surface area contributed by atoms with Crippen LogP contribution in [0.15, 0.2) is 88.2 Å². The number of sulfone groups is 1. The van der Waals surface area contributed by atoms with Gasteiger partial charge in [0, 0.05) is 24.4 Å². The third-order valence-electron chi connectivity index (χ3n) is 5.98. The number of carbonyl (C=O) groups excluding carboxylic acids is 2. The van der Waals surface area contributed by atoms with Gasteiger partial charge >= 0.3 is 0 Å². The Morgan fingerprint density at radius 2 is 1.63 bits per heavy atom. The summed E-state index contributed by atoms with van der Waals surface area (Å²) in [7, 11) is -1.55. The highest BCUT2D eigenvalue weighted by Crippen LogP contribution is 2.23. The van der Waals surface area contributed by atoms with Crippen molar-refractivity contribution in [1.82, 2.24) is 4.90 Å². The van der Waals surface area contributed by atoms with Gasteiger partial charge in [-0.3, -0.25) is 9.59 Å². The molecule has 35 heavy (non-hydrogen) atoms. The van der Waals surface area contributed by atoms with Crippen LogP contribution in [-0.4, -0.2) is 38.4 Å². The zero-order valence-corrected chi connectivity index (χ0v) is 20.5. The zero-order chi connectivity index (χ0) is 25.2. The van der Waals surface area contributed by atoms with E-state index in [1.807, 2.05) is 25.1 Å². The third-order valence-corrected chi connectivity index (χ3v) is 7.11. The van der Waals surface area contributed by atoms with Crippen molar-refractivity contribution in [2.24, 2.45) is 0 Å². The summed E-state index contributed by atoms with van der Waals surface area (Å²) >= 11 is 0. The maximum absolute atomic E-state index is 12.8. The van der Waals surface area contributed by atoms with Crippen LogP contribution in [0.5, 0.6) is 0 Å². The monoisotopic (exact) mass is 490 g/mol. The standard InChI is InChI=1S/C27H26N2O5S/c1-18(20-10-14-23(15-11-20)35(3,32)33)29(2)26(30)16-19-8-12-22(13-9-19)28-27(31)25-17-21-6-4-5-7-24(21)34-25/h4-15,17-18H,16H2,1-3H3,(H,28,31). The second-order valence-corrected chi connectivity index (χ2v) is 10.5. The van der Waals surface area contributed by atoms with Gasteiger partial charge in [-0.15, -0.1) is 0 Å². The molecule has 0 bridgehead atoms. The van der Waals surface area contributed by atoms with Crippen LogP contribution in [-0.2, 0) is 21.1 Å². The fourth-order valence-electron chi connectivity index (χ4n) is 3.72. The Balaban J connectivity index is 1.36. The molecule has 0 fully saturated rings. The van der Waals surface area contributed by atoms with E-state index < -0.39 is 9.84 Å². The van der Waals surface area contributed by atoms with Crippen molar-refractivity contribution in [2.75, 3.05) is 18.6 Å². The summed E-state index contributed by atoms with van der Waals surface area (Å²) in [6.07, 6.45) is 1.36. The summed E-state index contributed by atoms with van der Waals surface area (Å²) in [6.45, 7) is 1.89. The molecule has 0 spiro atoms.